The minimum Gasteiger partial charge on any atom is -0.494 e. The van der Waals surface area contributed by atoms with Crippen LogP contribution in [-0.4, -0.2) is 50.0 Å². The molecular weight excluding hydrogens is 273 g/mol. The quantitative estimate of drug-likeness (QED) is 0.917. The van der Waals surface area contributed by atoms with E-state index < -0.39 is 0 Å². The van der Waals surface area contributed by atoms with Crippen LogP contribution in [0.4, 0.5) is 4.39 Å². The summed E-state index contributed by atoms with van der Waals surface area (Å²) in [6.07, 6.45) is 0.994. The third-order valence-corrected chi connectivity index (χ3v) is 4.82. The van der Waals surface area contributed by atoms with Crippen molar-refractivity contribution in [1.82, 2.24) is 4.90 Å². The van der Waals surface area contributed by atoms with Crippen LogP contribution in [0.5, 0.6) is 5.75 Å². The average molecular weight is 295 g/mol. The summed E-state index contributed by atoms with van der Waals surface area (Å²) in [6, 6.07) is 5.09. The fourth-order valence-electron chi connectivity index (χ4n) is 3.62. The molecule has 2 fully saturated rings. The Morgan fingerprint density at radius 1 is 1.52 bits per heavy atom. The molecule has 2 aliphatic rings. The van der Waals surface area contributed by atoms with Crippen LogP contribution in [0.2, 0.25) is 0 Å². The Morgan fingerprint density at radius 3 is 3.05 bits per heavy atom. The van der Waals surface area contributed by atoms with E-state index in [-0.39, 0.29) is 23.6 Å². The first kappa shape index (κ1) is 14.8. The predicted molar refractivity (Wildman–Crippen MR) is 76.7 cm³/mol. The first-order valence-electron chi connectivity index (χ1n) is 7.40. The summed E-state index contributed by atoms with van der Waals surface area (Å²) in [6.45, 7) is 4.00. The number of halogens is 1. The number of methoxy groups -OCH3 is 1. The number of benzene rings is 1. The van der Waals surface area contributed by atoms with Gasteiger partial charge in [0.25, 0.3) is 0 Å². The Kier molecular flexibility index (Phi) is 4.15. The van der Waals surface area contributed by atoms with Crippen molar-refractivity contribution in [2.24, 2.45) is 11.3 Å². The second-order valence-electron chi connectivity index (χ2n) is 6.20. The molecule has 2 aliphatic heterocycles. The highest BCUT2D eigenvalue weighted by Crippen LogP contribution is 2.41. The number of hydrogen-bond donors (Lipinski definition) is 1. The topological polar surface area (TPSA) is 41.9 Å². The molecule has 3 rings (SSSR count). The number of aliphatic hydroxyl groups is 1. The van der Waals surface area contributed by atoms with Gasteiger partial charge in [-0.3, -0.25) is 4.90 Å². The van der Waals surface area contributed by atoms with Crippen LogP contribution in [0.1, 0.15) is 12.0 Å². The van der Waals surface area contributed by atoms with Gasteiger partial charge in [-0.2, -0.15) is 0 Å². The Bertz CT molecular complexity index is 510. The molecule has 1 N–H and O–H groups in total. The van der Waals surface area contributed by atoms with Gasteiger partial charge in [0, 0.05) is 31.7 Å². The third kappa shape index (κ3) is 2.78. The molecule has 1 aromatic rings. The number of ether oxygens (including phenoxy) is 2. The lowest BCUT2D eigenvalue weighted by molar-refractivity contribution is -0.0561. The molecule has 0 radical (unpaired) electrons. The van der Waals surface area contributed by atoms with E-state index in [9.17, 15) is 9.50 Å². The lowest BCUT2D eigenvalue weighted by Gasteiger charge is -2.36. The van der Waals surface area contributed by atoms with Crippen molar-refractivity contribution in [2.75, 3.05) is 40.0 Å². The Balaban J connectivity index is 1.70. The van der Waals surface area contributed by atoms with Crippen LogP contribution in [-0.2, 0) is 11.3 Å². The second-order valence-corrected chi connectivity index (χ2v) is 6.20. The molecule has 4 nitrogen and oxygen atoms in total. The monoisotopic (exact) mass is 295 g/mol. The van der Waals surface area contributed by atoms with Crippen molar-refractivity contribution >= 4 is 0 Å². The van der Waals surface area contributed by atoms with Gasteiger partial charge in [0.2, 0.25) is 0 Å². The highest BCUT2D eigenvalue weighted by molar-refractivity contribution is 5.29. The van der Waals surface area contributed by atoms with Crippen LogP contribution in [0.25, 0.3) is 0 Å². The summed E-state index contributed by atoms with van der Waals surface area (Å²) in [5, 5.41) is 9.77. The van der Waals surface area contributed by atoms with Gasteiger partial charge in [-0.05, 0) is 30.0 Å². The summed E-state index contributed by atoms with van der Waals surface area (Å²) in [4.78, 5) is 2.29. The van der Waals surface area contributed by atoms with Crippen molar-refractivity contribution in [3.63, 3.8) is 0 Å². The molecule has 21 heavy (non-hydrogen) atoms. The van der Waals surface area contributed by atoms with Crippen molar-refractivity contribution in [1.29, 1.82) is 0 Å². The van der Waals surface area contributed by atoms with Crippen molar-refractivity contribution in [3.05, 3.63) is 29.6 Å². The first-order valence-corrected chi connectivity index (χ1v) is 7.40. The molecule has 2 heterocycles. The number of nitrogens with zero attached hydrogens (tertiary/aromatic N) is 1. The standard InChI is InChI=1S/C16H22FNO3/c1-20-15-3-2-12(6-14(15)17)7-18-8-13-4-5-21-11-16(13,9-18)10-19/h2-3,6,13,19H,4-5,7-11H2,1H3/t13-,16+/m0/s1. The largest absolute Gasteiger partial charge is 0.494 e. The van der Waals surface area contributed by atoms with Gasteiger partial charge in [0.15, 0.2) is 11.6 Å². The molecule has 5 heteroatoms. The fourth-order valence-corrected chi connectivity index (χ4v) is 3.62. The number of aliphatic hydroxyl groups excluding tert-OH is 1. The zero-order valence-electron chi connectivity index (χ0n) is 12.3. The fraction of sp³-hybridized carbons (Fsp3) is 0.625. The Hall–Kier alpha value is -1.17. The van der Waals surface area contributed by atoms with Crippen LogP contribution in [0, 0.1) is 17.2 Å². The zero-order chi connectivity index (χ0) is 14.9. The van der Waals surface area contributed by atoms with Gasteiger partial charge in [0.1, 0.15) is 0 Å². The van der Waals surface area contributed by atoms with Gasteiger partial charge in [-0.1, -0.05) is 6.07 Å². The lowest BCUT2D eigenvalue weighted by Crippen LogP contribution is -2.42. The maximum absolute atomic E-state index is 13.8. The van der Waals surface area contributed by atoms with Crippen molar-refractivity contribution < 1.29 is 19.0 Å². The molecule has 0 aromatic heterocycles. The Labute approximate surface area is 124 Å². The zero-order valence-corrected chi connectivity index (χ0v) is 12.3. The molecule has 0 amide bonds. The Morgan fingerprint density at radius 2 is 2.38 bits per heavy atom. The maximum atomic E-state index is 13.8. The van der Waals surface area contributed by atoms with Gasteiger partial charge in [-0.25, -0.2) is 4.39 Å². The molecule has 116 valence electrons. The van der Waals surface area contributed by atoms with Crippen LogP contribution in [0.15, 0.2) is 18.2 Å². The first-order chi connectivity index (χ1) is 10.2. The molecule has 0 aliphatic carbocycles. The molecule has 1 aromatic carbocycles. The molecule has 2 saturated heterocycles. The van der Waals surface area contributed by atoms with E-state index in [1.807, 2.05) is 6.07 Å². The molecular formula is C16H22FNO3. The summed E-state index contributed by atoms with van der Waals surface area (Å²) in [5.41, 5.74) is 0.796. The van der Waals surface area contributed by atoms with E-state index in [4.69, 9.17) is 9.47 Å². The molecule has 0 spiro atoms. The van der Waals surface area contributed by atoms with Gasteiger partial charge in [0.05, 0.1) is 20.3 Å². The minimum absolute atomic E-state index is 0.136. The number of fused-ring (bicyclic) bond motifs is 1. The second kappa shape index (κ2) is 5.91. The van der Waals surface area contributed by atoms with Crippen LogP contribution < -0.4 is 4.74 Å². The van der Waals surface area contributed by atoms with Crippen molar-refractivity contribution in [2.45, 2.75) is 13.0 Å². The highest BCUT2D eigenvalue weighted by Gasteiger charge is 2.47. The lowest BCUT2D eigenvalue weighted by atomic mass is 9.76. The SMILES string of the molecule is COc1ccc(CN2C[C@@H]3CCOC[C@]3(CO)C2)cc1F. The third-order valence-electron chi connectivity index (χ3n) is 4.82. The van der Waals surface area contributed by atoms with E-state index >= 15 is 0 Å². The summed E-state index contributed by atoms with van der Waals surface area (Å²) in [5.74, 6) is 0.417. The number of likely N-dealkylation sites (tertiary alicyclic amines) is 1. The van der Waals surface area contributed by atoms with E-state index in [2.05, 4.69) is 4.90 Å². The molecule has 0 bridgehead atoms. The smallest absolute Gasteiger partial charge is 0.165 e. The van der Waals surface area contributed by atoms with Crippen LogP contribution >= 0.6 is 0 Å². The van der Waals surface area contributed by atoms with E-state index in [0.29, 0.717) is 19.1 Å². The molecule has 2 atom stereocenters. The predicted octanol–water partition coefficient (Wildman–Crippen LogP) is 1.67. The van der Waals surface area contributed by atoms with Gasteiger partial charge in [-0.15, -0.1) is 0 Å². The van der Waals surface area contributed by atoms with Crippen molar-refractivity contribution in [3.8, 4) is 5.75 Å². The van der Waals surface area contributed by atoms with Gasteiger partial charge >= 0.3 is 0 Å². The van der Waals surface area contributed by atoms with Crippen LogP contribution in [0.3, 0.4) is 0 Å². The highest BCUT2D eigenvalue weighted by atomic mass is 19.1. The van der Waals surface area contributed by atoms with Gasteiger partial charge < -0.3 is 14.6 Å². The van der Waals surface area contributed by atoms with E-state index in [0.717, 1.165) is 31.7 Å². The summed E-state index contributed by atoms with van der Waals surface area (Å²) < 4.78 is 24.3. The molecule has 0 saturated carbocycles. The summed E-state index contributed by atoms with van der Waals surface area (Å²) >= 11 is 0. The maximum Gasteiger partial charge on any atom is 0.165 e. The average Bonchev–Trinajstić information content (AvgIpc) is 2.86. The molecule has 0 unspecified atom stereocenters. The minimum atomic E-state index is -0.327. The number of rotatable bonds is 4. The summed E-state index contributed by atoms with van der Waals surface area (Å²) in [7, 11) is 1.47. The normalized spacial score (nSPS) is 29.4. The van der Waals surface area contributed by atoms with E-state index in [1.165, 1.54) is 13.2 Å². The number of hydrogen-bond acceptors (Lipinski definition) is 4. The van der Waals surface area contributed by atoms with E-state index in [1.54, 1.807) is 6.07 Å².